The second-order valence-electron chi connectivity index (χ2n) is 7.42. The average Bonchev–Trinajstić information content (AvgIpc) is 3.32. The SMILES string of the molecule is COc1ccc(-n2nc(C)c3c4c(cnc32)C(=O)N(c2ccc(OC)cc2OC)C4=O)cc1. The fourth-order valence-corrected chi connectivity index (χ4v) is 4.05. The normalized spacial score (nSPS) is 12.9. The summed E-state index contributed by atoms with van der Waals surface area (Å²) in [5, 5.41) is 5.14. The molecule has 0 atom stereocenters. The van der Waals surface area contributed by atoms with Crippen LogP contribution in [-0.2, 0) is 0 Å². The molecule has 4 aromatic rings. The van der Waals surface area contributed by atoms with Gasteiger partial charge in [-0.2, -0.15) is 5.10 Å². The van der Waals surface area contributed by atoms with E-state index in [9.17, 15) is 9.59 Å². The molecule has 2 aromatic carbocycles. The van der Waals surface area contributed by atoms with Crippen LogP contribution < -0.4 is 19.1 Å². The molecule has 9 heteroatoms. The van der Waals surface area contributed by atoms with Gasteiger partial charge in [0.2, 0.25) is 0 Å². The largest absolute Gasteiger partial charge is 0.497 e. The van der Waals surface area contributed by atoms with Gasteiger partial charge in [0.1, 0.15) is 17.2 Å². The van der Waals surface area contributed by atoms with Crippen LogP contribution in [-0.4, -0.2) is 47.9 Å². The summed E-state index contributed by atoms with van der Waals surface area (Å²) in [6, 6.07) is 12.2. The molecule has 0 saturated heterocycles. The highest BCUT2D eigenvalue weighted by atomic mass is 16.5. The number of amides is 2. The maximum absolute atomic E-state index is 13.6. The summed E-state index contributed by atoms with van der Waals surface area (Å²) in [5.41, 5.74) is 2.67. The number of methoxy groups -OCH3 is 3. The number of hydrogen-bond donors (Lipinski definition) is 0. The van der Waals surface area contributed by atoms with Crippen molar-refractivity contribution in [2.45, 2.75) is 6.92 Å². The van der Waals surface area contributed by atoms with E-state index in [1.807, 2.05) is 24.3 Å². The van der Waals surface area contributed by atoms with Crippen LogP contribution in [0.1, 0.15) is 26.4 Å². The Balaban J connectivity index is 1.66. The van der Waals surface area contributed by atoms with Crippen LogP contribution >= 0.6 is 0 Å². The highest BCUT2D eigenvalue weighted by Crippen LogP contribution is 2.39. The van der Waals surface area contributed by atoms with Crippen molar-refractivity contribution in [2.24, 2.45) is 0 Å². The molecule has 0 bridgehead atoms. The van der Waals surface area contributed by atoms with Gasteiger partial charge >= 0.3 is 0 Å². The lowest BCUT2D eigenvalue weighted by Crippen LogP contribution is -2.29. The van der Waals surface area contributed by atoms with Gasteiger partial charge in [-0.1, -0.05) is 0 Å². The maximum Gasteiger partial charge on any atom is 0.267 e. The molecule has 0 unspecified atom stereocenters. The summed E-state index contributed by atoms with van der Waals surface area (Å²) >= 11 is 0. The number of hydrogen-bond acceptors (Lipinski definition) is 7. The summed E-state index contributed by atoms with van der Waals surface area (Å²) < 4.78 is 17.5. The molecule has 1 aliphatic heterocycles. The van der Waals surface area contributed by atoms with Crippen LogP contribution in [0.3, 0.4) is 0 Å². The smallest absolute Gasteiger partial charge is 0.267 e. The Hall–Kier alpha value is -4.40. The van der Waals surface area contributed by atoms with Crippen LogP contribution in [0.2, 0.25) is 0 Å². The number of imide groups is 1. The molecule has 2 amide bonds. The van der Waals surface area contributed by atoms with Crippen LogP contribution in [0.5, 0.6) is 17.2 Å². The minimum Gasteiger partial charge on any atom is -0.497 e. The van der Waals surface area contributed by atoms with Gasteiger partial charge in [0.05, 0.1) is 54.9 Å². The van der Waals surface area contributed by atoms with Crippen molar-refractivity contribution in [3.8, 4) is 22.9 Å². The number of aryl methyl sites for hydroxylation is 1. The van der Waals surface area contributed by atoms with Crippen LogP contribution in [0.25, 0.3) is 16.7 Å². The van der Waals surface area contributed by atoms with E-state index < -0.39 is 11.8 Å². The predicted octanol–water partition coefficient (Wildman–Crippen LogP) is 3.56. The zero-order valence-electron chi connectivity index (χ0n) is 18.4. The Morgan fingerprint density at radius 3 is 2.21 bits per heavy atom. The number of benzene rings is 2. The van der Waals surface area contributed by atoms with Crippen molar-refractivity contribution in [2.75, 3.05) is 26.2 Å². The molecule has 0 aliphatic carbocycles. The number of fused-ring (bicyclic) bond motifs is 3. The number of ether oxygens (including phenoxy) is 3. The van der Waals surface area contributed by atoms with Gasteiger partial charge in [0.25, 0.3) is 11.8 Å². The number of carbonyl (C=O) groups excluding carboxylic acids is 2. The minimum atomic E-state index is -0.468. The van der Waals surface area contributed by atoms with Crippen molar-refractivity contribution in [1.82, 2.24) is 14.8 Å². The quantitative estimate of drug-likeness (QED) is 0.434. The van der Waals surface area contributed by atoms with E-state index in [-0.39, 0.29) is 11.1 Å². The molecule has 9 nitrogen and oxygen atoms in total. The summed E-state index contributed by atoms with van der Waals surface area (Å²) in [6.45, 7) is 1.79. The molecular formula is C24H20N4O5. The second-order valence-corrected chi connectivity index (χ2v) is 7.42. The van der Waals surface area contributed by atoms with Crippen LogP contribution in [0.4, 0.5) is 5.69 Å². The number of pyridine rings is 1. The van der Waals surface area contributed by atoms with Crippen molar-refractivity contribution < 1.29 is 23.8 Å². The van der Waals surface area contributed by atoms with Gasteiger partial charge in [-0.25, -0.2) is 14.6 Å². The third kappa shape index (κ3) is 3.00. The van der Waals surface area contributed by atoms with E-state index in [4.69, 9.17) is 14.2 Å². The molecule has 3 heterocycles. The van der Waals surface area contributed by atoms with E-state index >= 15 is 0 Å². The fourth-order valence-electron chi connectivity index (χ4n) is 4.05. The Morgan fingerprint density at radius 2 is 1.55 bits per heavy atom. The molecule has 2 aromatic heterocycles. The van der Waals surface area contributed by atoms with E-state index in [0.29, 0.717) is 39.7 Å². The second kappa shape index (κ2) is 7.63. The van der Waals surface area contributed by atoms with Gasteiger partial charge in [-0.05, 0) is 43.3 Å². The fraction of sp³-hybridized carbons (Fsp3) is 0.167. The van der Waals surface area contributed by atoms with E-state index in [0.717, 1.165) is 10.6 Å². The van der Waals surface area contributed by atoms with Gasteiger partial charge in [-0.3, -0.25) is 9.59 Å². The van der Waals surface area contributed by atoms with Gasteiger partial charge < -0.3 is 14.2 Å². The summed E-state index contributed by atoms with van der Waals surface area (Å²) in [4.78, 5) is 32.4. The lowest BCUT2D eigenvalue weighted by molar-refractivity contribution is 0.0925. The number of nitrogens with zero attached hydrogens (tertiary/aromatic N) is 4. The lowest BCUT2D eigenvalue weighted by Gasteiger charge is -2.18. The number of carbonyl (C=O) groups is 2. The summed E-state index contributed by atoms with van der Waals surface area (Å²) in [5.74, 6) is 0.685. The maximum atomic E-state index is 13.6. The van der Waals surface area contributed by atoms with Crippen molar-refractivity contribution in [1.29, 1.82) is 0 Å². The topological polar surface area (TPSA) is 95.8 Å². The molecule has 0 N–H and O–H groups in total. The molecule has 0 radical (unpaired) electrons. The molecule has 5 rings (SSSR count). The third-order valence-electron chi connectivity index (χ3n) is 5.67. The Bertz CT molecular complexity index is 1430. The molecule has 1 aliphatic rings. The summed E-state index contributed by atoms with van der Waals surface area (Å²) in [7, 11) is 4.60. The molecule has 0 spiro atoms. The average molecular weight is 444 g/mol. The Kier molecular flexibility index (Phi) is 4.74. The highest BCUT2D eigenvalue weighted by molar-refractivity contribution is 6.37. The zero-order chi connectivity index (χ0) is 23.3. The number of anilines is 1. The standard InChI is InChI=1S/C24H20N4O5/c1-13-20-21-17(12-25-22(20)28(26-13)14-5-7-15(31-2)8-6-14)23(29)27(24(21)30)18-10-9-16(32-3)11-19(18)33-4/h5-12H,1-4H3. The first-order valence-corrected chi connectivity index (χ1v) is 10.1. The van der Waals surface area contributed by atoms with Gasteiger partial charge in [-0.15, -0.1) is 0 Å². The summed E-state index contributed by atoms with van der Waals surface area (Å²) in [6.07, 6.45) is 1.43. The van der Waals surface area contributed by atoms with Crippen LogP contribution in [0.15, 0.2) is 48.7 Å². The van der Waals surface area contributed by atoms with E-state index in [1.165, 1.54) is 20.4 Å². The van der Waals surface area contributed by atoms with Crippen LogP contribution in [0, 0.1) is 6.92 Å². The van der Waals surface area contributed by atoms with Crippen molar-refractivity contribution in [3.05, 3.63) is 65.5 Å². The predicted molar refractivity (Wildman–Crippen MR) is 121 cm³/mol. The number of aromatic nitrogens is 3. The van der Waals surface area contributed by atoms with E-state index in [1.54, 1.807) is 36.9 Å². The molecule has 0 fully saturated rings. The molecule has 33 heavy (non-hydrogen) atoms. The van der Waals surface area contributed by atoms with Gasteiger partial charge in [0, 0.05) is 12.3 Å². The highest BCUT2D eigenvalue weighted by Gasteiger charge is 2.41. The first-order chi connectivity index (χ1) is 16.0. The molecular weight excluding hydrogens is 424 g/mol. The lowest BCUT2D eigenvalue weighted by atomic mass is 10.1. The molecule has 166 valence electrons. The van der Waals surface area contributed by atoms with Crippen molar-refractivity contribution >= 4 is 28.5 Å². The first kappa shape index (κ1) is 20.5. The number of rotatable bonds is 5. The van der Waals surface area contributed by atoms with Gasteiger partial charge in [0.15, 0.2) is 5.65 Å². The Labute approximate surface area is 189 Å². The minimum absolute atomic E-state index is 0.225. The Morgan fingerprint density at radius 1 is 0.848 bits per heavy atom. The zero-order valence-corrected chi connectivity index (χ0v) is 18.4. The van der Waals surface area contributed by atoms with E-state index in [2.05, 4.69) is 10.1 Å². The monoisotopic (exact) mass is 444 g/mol. The van der Waals surface area contributed by atoms with Crippen molar-refractivity contribution in [3.63, 3.8) is 0 Å². The third-order valence-corrected chi connectivity index (χ3v) is 5.67. The first-order valence-electron chi connectivity index (χ1n) is 10.1. The molecule has 0 saturated carbocycles.